The average molecular weight is 1390 g/mol. The van der Waals surface area contributed by atoms with Crippen LogP contribution in [0.1, 0.15) is 83.9 Å². The summed E-state index contributed by atoms with van der Waals surface area (Å²) in [5, 5.41) is 0. The molecule has 0 saturated carbocycles. The minimum absolute atomic E-state index is 0. The predicted octanol–water partition coefficient (Wildman–Crippen LogP) is 10.6. The first-order chi connectivity index (χ1) is 31.5. The van der Waals surface area contributed by atoms with Crippen molar-refractivity contribution < 1.29 is 41.4 Å². The average Bonchev–Trinajstić information content (AvgIpc) is 3.65. The Labute approximate surface area is 469 Å². The zero-order valence-corrected chi connectivity index (χ0v) is 50.7. The second kappa shape index (κ2) is 34.4. The van der Waals surface area contributed by atoms with Crippen LogP contribution in [-0.4, -0.2) is 93.8 Å². The number of amides is 2. The van der Waals surface area contributed by atoms with E-state index in [4.69, 9.17) is 34.8 Å². The van der Waals surface area contributed by atoms with Crippen LogP contribution >= 0.6 is 96.2 Å². The topological polar surface area (TPSA) is 47.1 Å². The van der Waals surface area contributed by atoms with Crippen LogP contribution in [0.4, 0.5) is 0 Å². The third-order valence-electron chi connectivity index (χ3n) is 12.9. The molecule has 0 bridgehead atoms. The van der Waals surface area contributed by atoms with E-state index in [1.54, 1.807) is 0 Å². The van der Waals surface area contributed by atoms with Crippen LogP contribution in [0.3, 0.4) is 0 Å². The van der Waals surface area contributed by atoms with E-state index in [1.807, 2.05) is 11.8 Å². The molecule has 1 radical (unpaired) electrons. The number of alkyl halides is 3. The smallest absolute Gasteiger partial charge is 0 e. The van der Waals surface area contributed by atoms with Gasteiger partial charge in [0.1, 0.15) is 0 Å². The number of rotatable bonds is 10. The number of fused-ring (bicyclic) bond motifs is 2. The van der Waals surface area contributed by atoms with Gasteiger partial charge in [0.05, 0.1) is 0 Å². The molecule has 2 fully saturated rings. The van der Waals surface area contributed by atoms with Crippen molar-refractivity contribution in [1.82, 2.24) is 19.6 Å². The molecular formula is C52H68Cl4I3N4O2SV-. The van der Waals surface area contributed by atoms with Crippen LogP contribution in [0.15, 0.2) is 102 Å². The molecule has 4 heterocycles. The number of likely N-dealkylation sites (tertiary alicyclic amines) is 2. The van der Waals surface area contributed by atoms with Crippen molar-refractivity contribution in [2.75, 3.05) is 58.1 Å². The van der Waals surface area contributed by atoms with Gasteiger partial charge in [-0.2, -0.15) is 0 Å². The number of hydrogen-bond acceptors (Lipinski definition) is 5. The molecule has 2 amide bonds. The van der Waals surface area contributed by atoms with Crippen molar-refractivity contribution in [3.05, 3.63) is 136 Å². The van der Waals surface area contributed by atoms with Crippen molar-refractivity contribution in [1.29, 1.82) is 0 Å². The van der Waals surface area contributed by atoms with Gasteiger partial charge in [-0.1, -0.05) is 137 Å². The molecule has 15 heteroatoms. The fourth-order valence-electron chi connectivity index (χ4n) is 9.39. The summed E-state index contributed by atoms with van der Waals surface area (Å²) < 4.78 is -0.750. The van der Waals surface area contributed by atoms with Gasteiger partial charge in [-0.15, -0.1) is 24.2 Å². The summed E-state index contributed by atoms with van der Waals surface area (Å²) in [5.41, 5.74) is 9.55. The van der Waals surface area contributed by atoms with Gasteiger partial charge in [-0.3, -0.25) is 9.59 Å². The molecular weight excluding hydrogens is 1320 g/mol. The zero-order chi connectivity index (χ0) is 46.4. The van der Waals surface area contributed by atoms with E-state index >= 15 is 0 Å². The summed E-state index contributed by atoms with van der Waals surface area (Å²) in [7, 11) is 0. The number of aryl methyl sites for hydroxylation is 3. The van der Waals surface area contributed by atoms with E-state index in [-0.39, 0.29) is 31.0 Å². The summed E-state index contributed by atoms with van der Waals surface area (Å²) in [5.74, 6) is 3.20. The molecule has 0 N–H and O–H groups in total. The zero-order valence-electron chi connectivity index (χ0n) is 39.0. The molecule has 6 nitrogen and oxygen atoms in total. The minimum atomic E-state index is -0.750. The van der Waals surface area contributed by atoms with E-state index in [1.165, 1.54) is 82.4 Å². The van der Waals surface area contributed by atoms with Crippen molar-refractivity contribution in [3.63, 3.8) is 0 Å². The normalized spacial score (nSPS) is 16.7. The summed E-state index contributed by atoms with van der Waals surface area (Å²) in [4.78, 5) is 36.3. The number of benzene rings is 4. The molecule has 67 heavy (non-hydrogen) atoms. The van der Waals surface area contributed by atoms with Crippen LogP contribution in [0, 0.1) is 25.7 Å². The summed E-state index contributed by atoms with van der Waals surface area (Å²) in [6, 6.07) is 35.0. The predicted molar refractivity (Wildman–Crippen MR) is 297 cm³/mol. The second-order valence-corrected chi connectivity index (χ2v) is 37.1. The number of nitrogens with zero attached hydrogens (tertiary/aromatic N) is 4. The largest absolute Gasteiger partial charge is 0 e. The summed E-state index contributed by atoms with van der Waals surface area (Å²) in [6.07, 6.45) is 10.9. The van der Waals surface area contributed by atoms with Gasteiger partial charge in [0.15, 0.2) is 4.30 Å². The molecule has 4 aromatic carbocycles. The van der Waals surface area contributed by atoms with Gasteiger partial charge in [0, 0.05) is 81.3 Å². The number of halogens is 7. The molecule has 8 rings (SSSR count). The Kier molecular flexibility index (Phi) is 31.5. The Hall–Kier alpha value is 0.0244. The molecule has 0 spiro atoms. The van der Waals surface area contributed by atoms with Gasteiger partial charge in [-0.25, -0.2) is 0 Å². The van der Waals surface area contributed by atoms with Gasteiger partial charge in [0.25, 0.3) is 0 Å². The van der Waals surface area contributed by atoms with Gasteiger partial charge in [0.2, 0.25) is 11.8 Å². The quantitative estimate of drug-likeness (QED) is 0.117. The molecule has 369 valence electrons. The maximum absolute atomic E-state index is 12.9. The van der Waals surface area contributed by atoms with Crippen LogP contribution in [0.5, 0.6) is 0 Å². The number of thioether (sulfide) groups is 1. The van der Waals surface area contributed by atoms with E-state index in [0.29, 0.717) is 37.9 Å². The molecule has 0 unspecified atom stereocenters. The van der Waals surface area contributed by atoms with E-state index in [2.05, 4.69) is 168 Å². The standard InChI is InChI=1S/C26H34N2O.C25H32N2OS.CHCl3.ClH.I3.V/c1-21-9-10-24-8-5-14-28(20-25(24)18-21)26(29)13-17-27-15-11-23(12-16-27)19-22-6-3-2-4-7-22;1-20-7-8-24-23(17-20)19-27(15-16-29-24)25(28)11-14-26-12-9-22(10-13-26)18-21-5-3-2-4-6-21;2-1(3)4;;1-3-2;/h2-4,6-7,9-10,18,23H,5,8,11-17,19-20H2,1H3;2-8,17,22H,9-16,18-19H2,1H3;1H;1H;;/q;;;;-1;. The maximum Gasteiger partial charge on any atom is 0 e. The van der Waals surface area contributed by atoms with Crippen molar-refractivity contribution >= 4 is 108 Å². The van der Waals surface area contributed by atoms with Crippen LogP contribution in [-0.2, 0) is 60.5 Å². The van der Waals surface area contributed by atoms with Crippen LogP contribution in [0.2, 0.25) is 0 Å². The van der Waals surface area contributed by atoms with Gasteiger partial charge < -0.3 is 19.6 Å². The Morgan fingerprint density at radius 2 is 1.07 bits per heavy atom. The summed E-state index contributed by atoms with van der Waals surface area (Å²) >= 11 is 21.6. The second-order valence-electron chi connectivity index (χ2n) is 17.7. The fourth-order valence-corrected chi connectivity index (χ4v) is 10.4. The first kappa shape index (κ1) is 61.3. The monoisotopic (exact) mass is 1380 g/mol. The van der Waals surface area contributed by atoms with Crippen molar-refractivity contribution in [3.8, 4) is 0 Å². The molecule has 0 aromatic heterocycles. The van der Waals surface area contributed by atoms with E-state index < -0.39 is 4.30 Å². The van der Waals surface area contributed by atoms with E-state index in [0.717, 1.165) is 95.9 Å². The maximum atomic E-state index is 12.9. The molecule has 0 atom stereocenters. The first-order valence-corrected chi connectivity index (χ1v) is 38.0. The number of hydrogen-bond donors (Lipinski definition) is 0. The van der Waals surface area contributed by atoms with Crippen LogP contribution in [0.25, 0.3) is 0 Å². The minimum Gasteiger partial charge on any atom is 0 e. The Bertz CT molecular complexity index is 1870. The molecule has 0 aliphatic carbocycles. The Balaban J connectivity index is 0.000000304. The van der Waals surface area contributed by atoms with Crippen molar-refractivity contribution in [2.24, 2.45) is 11.8 Å². The number of carbonyl (C=O) groups is 2. The number of carbonyl (C=O) groups excluding carboxylic acids is 2. The molecule has 4 aromatic rings. The Morgan fingerprint density at radius 1 is 0.642 bits per heavy atom. The van der Waals surface area contributed by atoms with E-state index in [9.17, 15) is 9.59 Å². The fraction of sp³-hybridized carbons (Fsp3) is 0.500. The molecule has 2 saturated heterocycles. The third-order valence-corrected chi connectivity index (χ3v) is 14.0. The first-order valence-electron chi connectivity index (χ1n) is 23.2. The SMILES string of the molecule is Cc1ccc2c(c1)CN(C(=O)CCN1CCC(Cc3ccccc3)CC1)CCC2.Cc1ccc2c(c1)CN(C(=O)CCN1CCC(Cc3ccccc3)CC1)CCS2.Cl.ClC(Cl)Cl.I[I-]I.[V]. The number of piperidine rings is 2. The van der Waals surface area contributed by atoms with Crippen LogP contribution < -0.4 is 13.3 Å². The van der Waals surface area contributed by atoms with Crippen molar-refractivity contribution in [2.45, 2.75) is 100 Å². The van der Waals surface area contributed by atoms with Gasteiger partial charge in [-0.05, 0) is 137 Å². The summed E-state index contributed by atoms with van der Waals surface area (Å²) in [6.45, 7) is 13.9. The molecule has 4 aliphatic heterocycles. The molecule has 4 aliphatic rings. The Morgan fingerprint density at radius 3 is 1.57 bits per heavy atom. The van der Waals surface area contributed by atoms with Gasteiger partial charge >= 0.3 is 50.5 Å². The third kappa shape index (κ3) is 23.2.